The number of carbonyl (C=O) groups excluding carboxylic acids is 2. The SMILES string of the molecule is Cc1cccc(C)c1C[C@H](NC(=O)c1ccncc1)C(N)=O. The highest BCUT2D eigenvalue weighted by Crippen LogP contribution is 2.15. The average molecular weight is 297 g/mol. The van der Waals surface area contributed by atoms with Crippen LogP contribution in [0.3, 0.4) is 0 Å². The van der Waals surface area contributed by atoms with E-state index in [1.165, 1.54) is 12.4 Å². The molecule has 5 nitrogen and oxygen atoms in total. The summed E-state index contributed by atoms with van der Waals surface area (Å²) in [7, 11) is 0. The fraction of sp³-hybridized carbons (Fsp3) is 0.235. The van der Waals surface area contributed by atoms with Gasteiger partial charge in [-0.25, -0.2) is 0 Å². The first-order valence-electron chi connectivity index (χ1n) is 7.04. The number of pyridine rings is 1. The predicted molar refractivity (Wildman–Crippen MR) is 84.3 cm³/mol. The number of hydrogen-bond donors (Lipinski definition) is 2. The van der Waals surface area contributed by atoms with Gasteiger partial charge in [-0.15, -0.1) is 0 Å². The van der Waals surface area contributed by atoms with E-state index in [0.717, 1.165) is 16.7 Å². The first-order chi connectivity index (χ1) is 10.5. The first-order valence-corrected chi connectivity index (χ1v) is 7.04. The third-order valence-electron chi connectivity index (χ3n) is 3.64. The van der Waals surface area contributed by atoms with E-state index in [4.69, 9.17) is 5.73 Å². The van der Waals surface area contributed by atoms with Crippen molar-refractivity contribution in [2.45, 2.75) is 26.3 Å². The van der Waals surface area contributed by atoms with Gasteiger partial charge in [0.1, 0.15) is 6.04 Å². The summed E-state index contributed by atoms with van der Waals surface area (Å²) >= 11 is 0. The molecule has 114 valence electrons. The van der Waals surface area contributed by atoms with Crippen molar-refractivity contribution in [2.75, 3.05) is 0 Å². The smallest absolute Gasteiger partial charge is 0.252 e. The fourth-order valence-corrected chi connectivity index (χ4v) is 2.34. The average Bonchev–Trinajstić information content (AvgIpc) is 2.50. The summed E-state index contributed by atoms with van der Waals surface area (Å²) in [6.07, 6.45) is 3.43. The Morgan fingerprint density at radius 3 is 2.27 bits per heavy atom. The summed E-state index contributed by atoms with van der Waals surface area (Å²) in [6, 6.07) is 8.35. The highest BCUT2D eigenvalue weighted by atomic mass is 16.2. The van der Waals surface area contributed by atoms with Crippen LogP contribution in [-0.2, 0) is 11.2 Å². The van der Waals surface area contributed by atoms with Crippen LogP contribution in [0.5, 0.6) is 0 Å². The second kappa shape index (κ2) is 6.85. The van der Waals surface area contributed by atoms with E-state index < -0.39 is 11.9 Å². The molecule has 0 bridgehead atoms. The second-order valence-electron chi connectivity index (χ2n) is 5.24. The van der Waals surface area contributed by atoms with Gasteiger partial charge in [-0.1, -0.05) is 18.2 Å². The maximum Gasteiger partial charge on any atom is 0.252 e. The van der Waals surface area contributed by atoms with E-state index in [-0.39, 0.29) is 5.91 Å². The lowest BCUT2D eigenvalue weighted by atomic mass is 9.96. The number of hydrogen-bond acceptors (Lipinski definition) is 3. The van der Waals surface area contributed by atoms with E-state index in [9.17, 15) is 9.59 Å². The largest absolute Gasteiger partial charge is 0.368 e. The van der Waals surface area contributed by atoms with Crippen LogP contribution in [0.1, 0.15) is 27.0 Å². The second-order valence-corrected chi connectivity index (χ2v) is 5.24. The molecule has 1 aromatic heterocycles. The summed E-state index contributed by atoms with van der Waals surface area (Å²) < 4.78 is 0. The standard InChI is InChI=1S/C17H19N3O2/c1-11-4-3-5-12(2)14(11)10-15(16(18)21)20-17(22)13-6-8-19-9-7-13/h3-9,15H,10H2,1-2H3,(H2,18,21)(H,20,22)/t15-/m0/s1. The molecule has 22 heavy (non-hydrogen) atoms. The molecule has 2 aromatic rings. The minimum Gasteiger partial charge on any atom is -0.368 e. The van der Waals surface area contributed by atoms with Crippen LogP contribution in [-0.4, -0.2) is 22.8 Å². The monoisotopic (exact) mass is 297 g/mol. The van der Waals surface area contributed by atoms with Crippen LogP contribution in [0.15, 0.2) is 42.7 Å². The Balaban J connectivity index is 2.18. The molecule has 0 saturated heterocycles. The Bertz CT molecular complexity index is 663. The molecular formula is C17H19N3O2. The van der Waals surface area contributed by atoms with E-state index in [0.29, 0.717) is 12.0 Å². The number of aryl methyl sites for hydroxylation is 2. The number of aromatic nitrogens is 1. The number of carbonyl (C=O) groups is 2. The Hall–Kier alpha value is -2.69. The lowest BCUT2D eigenvalue weighted by molar-refractivity contribution is -0.119. The summed E-state index contributed by atoms with van der Waals surface area (Å²) in [5, 5.41) is 2.69. The maximum atomic E-state index is 12.2. The summed E-state index contributed by atoms with van der Waals surface area (Å²) in [6.45, 7) is 3.95. The Labute approximate surface area is 129 Å². The number of benzene rings is 1. The molecule has 5 heteroatoms. The summed E-state index contributed by atoms with van der Waals surface area (Å²) in [5.74, 6) is -0.887. The molecule has 0 fully saturated rings. The highest BCUT2D eigenvalue weighted by Gasteiger charge is 2.21. The molecule has 0 radical (unpaired) electrons. The molecule has 0 unspecified atom stereocenters. The van der Waals surface area contributed by atoms with Crippen LogP contribution >= 0.6 is 0 Å². The van der Waals surface area contributed by atoms with Gasteiger partial charge in [0.25, 0.3) is 5.91 Å². The molecule has 1 aromatic carbocycles. The normalized spacial score (nSPS) is 11.7. The minimum absolute atomic E-state index is 0.336. The molecule has 0 saturated carbocycles. The van der Waals surface area contributed by atoms with E-state index in [2.05, 4.69) is 10.3 Å². The number of nitrogens with zero attached hydrogens (tertiary/aromatic N) is 1. The number of rotatable bonds is 5. The number of nitrogens with one attached hydrogen (secondary N) is 1. The van der Waals surface area contributed by atoms with Gasteiger partial charge in [-0.2, -0.15) is 0 Å². The van der Waals surface area contributed by atoms with Crippen molar-refractivity contribution in [3.05, 3.63) is 65.0 Å². The minimum atomic E-state index is -0.750. The van der Waals surface area contributed by atoms with Crippen LogP contribution in [0.25, 0.3) is 0 Å². The highest BCUT2D eigenvalue weighted by molar-refractivity contribution is 5.97. The molecule has 0 aliphatic carbocycles. The van der Waals surface area contributed by atoms with Gasteiger partial charge in [0.15, 0.2) is 0 Å². The molecule has 3 N–H and O–H groups in total. The van der Waals surface area contributed by atoms with Gasteiger partial charge in [0.2, 0.25) is 5.91 Å². The van der Waals surface area contributed by atoms with E-state index in [1.54, 1.807) is 12.1 Å². The topological polar surface area (TPSA) is 85.1 Å². The van der Waals surface area contributed by atoms with Gasteiger partial charge >= 0.3 is 0 Å². The summed E-state index contributed by atoms with van der Waals surface area (Å²) in [5.41, 5.74) is 9.07. The van der Waals surface area contributed by atoms with E-state index in [1.807, 2.05) is 32.0 Å². The molecular weight excluding hydrogens is 278 g/mol. The van der Waals surface area contributed by atoms with Crippen molar-refractivity contribution in [1.82, 2.24) is 10.3 Å². The third-order valence-corrected chi connectivity index (χ3v) is 3.64. The van der Waals surface area contributed by atoms with Gasteiger partial charge in [-0.05, 0) is 42.7 Å². The molecule has 1 atom stereocenters. The van der Waals surface area contributed by atoms with Gasteiger partial charge < -0.3 is 11.1 Å². The number of primary amides is 1. The number of amides is 2. The maximum absolute atomic E-state index is 12.2. The van der Waals surface area contributed by atoms with Crippen molar-refractivity contribution in [1.29, 1.82) is 0 Å². The summed E-state index contributed by atoms with van der Waals surface area (Å²) in [4.78, 5) is 27.7. The van der Waals surface area contributed by atoms with Crippen LogP contribution in [0, 0.1) is 13.8 Å². The Kier molecular flexibility index (Phi) is 4.88. The Morgan fingerprint density at radius 2 is 1.73 bits per heavy atom. The fourth-order valence-electron chi connectivity index (χ4n) is 2.34. The lowest BCUT2D eigenvalue weighted by Crippen LogP contribution is -2.46. The van der Waals surface area contributed by atoms with Crippen molar-refractivity contribution in [2.24, 2.45) is 5.73 Å². The number of nitrogens with two attached hydrogens (primary N) is 1. The quantitative estimate of drug-likeness (QED) is 0.877. The predicted octanol–water partition coefficient (Wildman–Crippen LogP) is 1.52. The van der Waals surface area contributed by atoms with E-state index >= 15 is 0 Å². The zero-order valence-corrected chi connectivity index (χ0v) is 12.7. The van der Waals surface area contributed by atoms with Crippen molar-refractivity contribution < 1.29 is 9.59 Å². The molecule has 1 heterocycles. The van der Waals surface area contributed by atoms with Crippen molar-refractivity contribution in [3.63, 3.8) is 0 Å². The first kappa shape index (κ1) is 15.7. The third kappa shape index (κ3) is 3.69. The van der Waals surface area contributed by atoms with Gasteiger partial charge in [0.05, 0.1) is 0 Å². The van der Waals surface area contributed by atoms with Crippen LogP contribution < -0.4 is 11.1 Å². The van der Waals surface area contributed by atoms with Gasteiger partial charge in [0, 0.05) is 24.4 Å². The van der Waals surface area contributed by atoms with Crippen LogP contribution in [0.4, 0.5) is 0 Å². The van der Waals surface area contributed by atoms with Crippen molar-refractivity contribution in [3.8, 4) is 0 Å². The van der Waals surface area contributed by atoms with Gasteiger partial charge in [-0.3, -0.25) is 14.6 Å². The molecule has 0 aliphatic heterocycles. The molecule has 2 rings (SSSR count). The lowest BCUT2D eigenvalue weighted by Gasteiger charge is -2.18. The zero-order valence-electron chi connectivity index (χ0n) is 12.7. The zero-order chi connectivity index (χ0) is 16.1. The van der Waals surface area contributed by atoms with Crippen LogP contribution in [0.2, 0.25) is 0 Å². The molecule has 0 spiro atoms. The Morgan fingerprint density at radius 1 is 1.14 bits per heavy atom. The molecule has 0 aliphatic rings. The van der Waals surface area contributed by atoms with Crippen molar-refractivity contribution >= 4 is 11.8 Å². The molecule has 2 amide bonds.